The Morgan fingerprint density at radius 3 is 0.701 bits per heavy atom. The van der Waals surface area contributed by atoms with Crippen molar-refractivity contribution in [3.63, 3.8) is 0 Å². The lowest BCUT2D eigenvalue weighted by atomic mass is 10.1. The molecule has 516 valence electrons. The van der Waals surface area contributed by atoms with E-state index in [1.54, 1.807) is 0 Å². The maximum atomic E-state index is 13.0. The SMILES string of the molecule is CCCCCCCCCCCCOC(=O)CCN(CCCN(CCN(CCCN(CCC(=O)OCCCCCCCCCCCC)CCC(=O)OCCCCCCCCCCCC)C(C)CC)C(C)C)CCC(=O)OCCCCCCCCCCCC. The van der Waals surface area contributed by atoms with Gasteiger partial charge in [0.2, 0.25) is 0 Å². The van der Waals surface area contributed by atoms with Gasteiger partial charge in [-0.3, -0.25) is 29.0 Å². The average molecular weight is 1230 g/mol. The summed E-state index contributed by atoms with van der Waals surface area (Å²) in [5, 5.41) is 0. The summed E-state index contributed by atoms with van der Waals surface area (Å²) in [6.45, 7) is 27.8. The Morgan fingerprint density at radius 1 is 0.253 bits per heavy atom. The molecule has 0 aromatic carbocycles. The van der Waals surface area contributed by atoms with Crippen LogP contribution in [0.25, 0.3) is 0 Å². The van der Waals surface area contributed by atoms with Crippen LogP contribution in [0.2, 0.25) is 0 Å². The zero-order chi connectivity index (χ0) is 63.7. The molecule has 0 spiro atoms. The highest BCUT2D eigenvalue weighted by atomic mass is 16.5. The minimum atomic E-state index is -0.147. The molecular weight excluding hydrogens is 1080 g/mol. The number of unbranched alkanes of at least 4 members (excludes halogenated alkanes) is 36. The summed E-state index contributed by atoms with van der Waals surface area (Å²) >= 11 is 0. The van der Waals surface area contributed by atoms with Crippen LogP contribution in [0, 0.1) is 0 Å². The Hall–Kier alpha value is -2.28. The average Bonchev–Trinajstić information content (AvgIpc) is 3.64. The zero-order valence-electron chi connectivity index (χ0n) is 59.3. The summed E-state index contributed by atoms with van der Waals surface area (Å²) in [5.74, 6) is -0.586. The van der Waals surface area contributed by atoms with Gasteiger partial charge in [0, 0.05) is 51.4 Å². The van der Waals surface area contributed by atoms with E-state index in [-0.39, 0.29) is 23.9 Å². The molecule has 1 unspecified atom stereocenters. The highest BCUT2D eigenvalue weighted by Crippen LogP contribution is 2.16. The Bertz CT molecular complexity index is 1400. The maximum absolute atomic E-state index is 13.0. The molecule has 0 heterocycles. The van der Waals surface area contributed by atoms with Gasteiger partial charge in [0.1, 0.15) is 0 Å². The van der Waals surface area contributed by atoms with Gasteiger partial charge in [-0.05, 0) is 91.9 Å². The van der Waals surface area contributed by atoms with E-state index in [0.29, 0.717) is 90.4 Å². The van der Waals surface area contributed by atoms with Crippen LogP contribution in [0.1, 0.15) is 357 Å². The molecular formula is C75H148N4O8. The van der Waals surface area contributed by atoms with Crippen molar-refractivity contribution in [3.05, 3.63) is 0 Å². The summed E-state index contributed by atoms with van der Waals surface area (Å²) < 4.78 is 22.9. The number of hydrogen-bond donors (Lipinski definition) is 0. The molecule has 12 heteroatoms. The first-order valence-electron chi connectivity index (χ1n) is 38.1. The molecule has 0 aromatic heterocycles. The van der Waals surface area contributed by atoms with Crippen molar-refractivity contribution in [3.8, 4) is 0 Å². The lowest BCUT2D eigenvalue weighted by molar-refractivity contribution is -0.146. The van der Waals surface area contributed by atoms with Crippen LogP contribution < -0.4 is 0 Å². The van der Waals surface area contributed by atoms with E-state index >= 15 is 0 Å². The molecule has 12 nitrogen and oxygen atoms in total. The van der Waals surface area contributed by atoms with Gasteiger partial charge in [-0.15, -0.1) is 0 Å². The third kappa shape index (κ3) is 59.8. The van der Waals surface area contributed by atoms with Gasteiger partial charge >= 0.3 is 23.9 Å². The van der Waals surface area contributed by atoms with Crippen molar-refractivity contribution in [2.45, 2.75) is 369 Å². The van der Waals surface area contributed by atoms with Crippen molar-refractivity contribution < 1.29 is 38.1 Å². The quantitative estimate of drug-likeness (QED) is 0.0328. The number of nitrogens with zero attached hydrogens (tertiary/aromatic N) is 4. The number of rotatable bonds is 70. The van der Waals surface area contributed by atoms with Gasteiger partial charge in [0.15, 0.2) is 0 Å². The number of carbonyl (C=O) groups excluding carboxylic acids is 4. The molecule has 0 aromatic rings. The third-order valence-corrected chi connectivity index (χ3v) is 18.0. The van der Waals surface area contributed by atoms with E-state index in [2.05, 4.69) is 75.0 Å². The molecule has 0 aliphatic carbocycles. The molecule has 0 rings (SSSR count). The summed E-state index contributed by atoms with van der Waals surface area (Å²) in [6, 6.07) is 0.781. The number of esters is 4. The van der Waals surface area contributed by atoms with Crippen molar-refractivity contribution in [2.75, 3.05) is 91.9 Å². The fourth-order valence-corrected chi connectivity index (χ4v) is 11.7. The van der Waals surface area contributed by atoms with Crippen LogP contribution in [-0.2, 0) is 38.1 Å². The van der Waals surface area contributed by atoms with Crippen molar-refractivity contribution in [1.29, 1.82) is 0 Å². The lowest BCUT2D eigenvalue weighted by Gasteiger charge is -2.34. The molecule has 0 saturated carbocycles. The standard InChI is InChI=1S/C75H148N4O8/c1-9-14-18-22-26-30-34-38-42-46-66-84-72(80)52-60-76(61-53-73(81)85-67-47-43-39-35-31-27-23-19-15-10-2)56-50-58-78(70(6)7)64-65-79(71(8)13-5)59-51-57-77(62-54-74(82)86-68-48-44-40-36-32-28-24-20-16-11-3)63-55-75(83)87-69-49-45-41-37-33-29-25-21-17-12-4/h70-71H,9-69H2,1-8H3. The highest BCUT2D eigenvalue weighted by Gasteiger charge is 2.19. The topological polar surface area (TPSA) is 118 Å². The summed E-state index contributed by atoms with van der Waals surface area (Å²) in [5.41, 5.74) is 0. The van der Waals surface area contributed by atoms with Crippen molar-refractivity contribution in [1.82, 2.24) is 19.6 Å². The molecule has 0 saturated heterocycles. The Balaban J connectivity index is 5.44. The Morgan fingerprint density at radius 2 is 0.471 bits per heavy atom. The van der Waals surface area contributed by atoms with Gasteiger partial charge in [-0.25, -0.2) is 0 Å². The third-order valence-electron chi connectivity index (χ3n) is 18.0. The Labute approximate surface area is 540 Å². The monoisotopic (exact) mass is 1230 g/mol. The second-order valence-corrected chi connectivity index (χ2v) is 26.4. The van der Waals surface area contributed by atoms with Crippen LogP contribution in [0.15, 0.2) is 0 Å². The van der Waals surface area contributed by atoms with Crippen LogP contribution in [0.4, 0.5) is 0 Å². The summed E-state index contributed by atoms with van der Waals surface area (Å²) in [6.07, 6.45) is 54.1. The van der Waals surface area contributed by atoms with Crippen LogP contribution in [0.3, 0.4) is 0 Å². The molecule has 0 fully saturated rings. The minimum Gasteiger partial charge on any atom is -0.466 e. The normalized spacial score (nSPS) is 12.1. The predicted molar refractivity (Wildman–Crippen MR) is 370 cm³/mol. The van der Waals surface area contributed by atoms with Crippen LogP contribution in [-0.4, -0.2) is 147 Å². The molecule has 87 heavy (non-hydrogen) atoms. The van der Waals surface area contributed by atoms with Crippen LogP contribution >= 0.6 is 0 Å². The fourth-order valence-electron chi connectivity index (χ4n) is 11.7. The van der Waals surface area contributed by atoms with E-state index in [1.165, 1.54) is 205 Å². The molecule has 0 aliphatic heterocycles. The molecule has 0 amide bonds. The maximum Gasteiger partial charge on any atom is 0.307 e. The molecule has 0 bridgehead atoms. The molecule has 0 radical (unpaired) electrons. The largest absolute Gasteiger partial charge is 0.466 e. The van der Waals surface area contributed by atoms with Crippen molar-refractivity contribution >= 4 is 23.9 Å². The van der Waals surface area contributed by atoms with Gasteiger partial charge in [0.05, 0.1) is 52.1 Å². The van der Waals surface area contributed by atoms with E-state index in [1.807, 2.05) is 0 Å². The van der Waals surface area contributed by atoms with Crippen molar-refractivity contribution in [2.24, 2.45) is 0 Å². The smallest absolute Gasteiger partial charge is 0.307 e. The number of hydrogen-bond acceptors (Lipinski definition) is 12. The van der Waals surface area contributed by atoms with Gasteiger partial charge in [0.25, 0.3) is 0 Å². The summed E-state index contributed by atoms with van der Waals surface area (Å²) in [7, 11) is 0. The van der Waals surface area contributed by atoms with Gasteiger partial charge in [-0.1, -0.05) is 266 Å². The van der Waals surface area contributed by atoms with Gasteiger partial charge in [-0.2, -0.15) is 0 Å². The predicted octanol–water partition coefficient (Wildman–Crippen LogP) is 19.6. The Kier molecular flexibility index (Phi) is 64.9. The fraction of sp³-hybridized carbons (Fsp3) is 0.947. The zero-order valence-corrected chi connectivity index (χ0v) is 59.3. The number of ether oxygens (including phenoxy) is 4. The molecule has 1 atom stereocenters. The molecule has 0 aliphatic rings. The van der Waals surface area contributed by atoms with E-state index in [9.17, 15) is 19.2 Å². The first-order chi connectivity index (χ1) is 42.5. The second kappa shape index (κ2) is 66.6. The van der Waals surface area contributed by atoms with E-state index in [4.69, 9.17) is 18.9 Å². The van der Waals surface area contributed by atoms with Crippen LogP contribution in [0.5, 0.6) is 0 Å². The lowest BCUT2D eigenvalue weighted by Crippen LogP contribution is -2.44. The first-order valence-corrected chi connectivity index (χ1v) is 38.1. The van der Waals surface area contributed by atoms with Gasteiger partial charge < -0.3 is 28.7 Å². The highest BCUT2D eigenvalue weighted by molar-refractivity contribution is 5.71. The number of carbonyl (C=O) groups is 4. The second-order valence-electron chi connectivity index (χ2n) is 26.4. The minimum absolute atomic E-state index is 0.146. The first kappa shape index (κ1) is 84.7. The van der Waals surface area contributed by atoms with E-state index in [0.717, 1.165) is 110 Å². The van der Waals surface area contributed by atoms with E-state index < -0.39 is 0 Å². The molecule has 0 N–H and O–H groups in total. The summed E-state index contributed by atoms with van der Waals surface area (Å²) in [4.78, 5) is 61.8.